The van der Waals surface area contributed by atoms with Crippen molar-refractivity contribution in [2.24, 2.45) is 0 Å². The van der Waals surface area contributed by atoms with Gasteiger partial charge in [-0.15, -0.1) is 11.3 Å². The van der Waals surface area contributed by atoms with E-state index < -0.39 is 0 Å². The predicted octanol–water partition coefficient (Wildman–Crippen LogP) is 4.37. The maximum atomic E-state index is 5.88. The second-order valence-corrected chi connectivity index (χ2v) is 6.34. The molecule has 18 heavy (non-hydrogen) atoms. The van der Waals surface area contributed by atoms with Crippen LogP contribution in [0.3, 0.4) is 0 Å². The second-order valence-electron chi connectivity index (χ2n) is 4.11. The summed E-state index contributed by atoms with van der Waals surface area (Å²) in [5.74, 6) is 0.832. The third kappa shape index (κ3) is 3.22. The molecule has 0 bridgehead atoms. The van der Waals surface area contributed by atoms with Crippen LogP contribution in [-0.2, 0) is 6.54 Å². The molecule has 0 fully saturated rings. The zero-order chi connectivity index (χ0) is 13.1. The van der Waals surface area contributed by atoms with Crippen LogP contribution in [0, 0.1) is 0 Å². The lowest BCUT2D eigenvalue weighted by Gasteiger charge is -2.28. The minimum Gasteiger partial charge on any atom is -0.348 e. The lowest BCUT2D eigenvalue weighted by atomic mass is 10.3. The summed E-state index contributed by atoms with van der Waals surface area (Å²) in [4.78, 5) is 11.8. The Morgan fingerprint density at radius 3 is 2.89 bits per heavy atom. The minimum absolute atomic E-state index is 0.269. The van der Waals surface area contributed by atoms with Gasteiger partial charge in [-0.25, -0.2) is 4.98 Å². The highest BCUT2D eigenvalue weighted by Gasteiger charge is 2.17. The largest absolute Gasteiger partial charge is 0.348 e. The molecule has 0 saturated carbocycles. The fourth-order valence-corrected chi connectivity index (χ4v) is 2.86. The fraction of sp³-hybridized carbons (Fsp3) is 0.333. The quantitative estimate of drug-likeness (QED) is 0.770. The molecule has 0 aromatic carbocycles. The van der Waals surface area contributed by atoms with Crippen molar-refractivity contribution >= 4 is 44.7 Å². The van der Waals surface area contributed by atoms with Crippen molar-refractivity contribution in [3.63, 3.8) is 0 Å². The number of hydrogen-bond acceptors (Lipinski definition) is 4. The van der Waals surface area contributed by atoms with Gasteiger partial charge in [-0.05, 0) is 52.8 Å². The SMILES string of the molecule is CC(C)N(Cc1cccs1)c1nc(Cl)ncc1Br. The maximum absolute atomic E-state index is 5.88. The average molecular weight is 347 g/mol. The van der Waals surface area contributed by atoms with E-state index in [9.17, 15) is 0 Å². The molecule has 0 unspecified atom stereocenters. The number of aromatic nitrogens is 2. The first-order valence-corrected chi connectivity index (χ1v) is 7.60. The summed E-state index contributed by atoms with van der Waals surface area (Å²) >= 11 is 11.1. The maximum Gasteiger partial charge on any atom is 0.224 e. The highest BCUT2D eigenvalue weighted by molar-refractivity contribution is 9.10. The Morgan fingerprint density at radius 2 is 2.28 bits per heavy atom. The number of hydrogen-bond donors (Lipinski definition) is 0. The highest BCUT2D eigenvalue weighted by Crippen LogP contribution is 2.28. The third-order valence-corrected chi connectivity index (χ3v) is 4.10. The van der Waals surface area contributed by atoms with Gasteiger partial charge >= 0.3 is 0 Å². The van der Waals surface area contributed by atoms with E-state index in [-0.39, 0.29) is 5.28 Å². The number of halogens is 2. The molecule has 0 radical (unpaired) electrons. The van der Waals surface area contributed by atoms with Crippen LogP contribution >= 0.6 is 38.9 Å². The first-order valence-electron chi connectivity index (χ1n) is 5.55. The summed E-state index contributed by atoms with van der Waals surface area (Å²) in [6.45, 7) is 5.09. The molecule has 0 aliphatic rings. The van der Waals surface area contributed by atoms with Crippen LogP contribution in [0.2, 0.25) is 5.28 Å². The van der Waals surface area contributed by atoms with Crippen molar-refractivity contribution in [1.29, 1.82) is 0 Å². The van der Waals surface area contributed by atoms with Gasteiger partial charge in [-0.1, -0.05) is 6.07 Å². The molecule has 0 aliphatic carbocycles. The van der Waals surface area contributed by atoms with Crippen LogP contribution in [0.25, 0.3) is 0 Å². The lowest BCUT2D eigenvalue weighted by Crippen LogP contribution is -2.31. The van der Waals surface area contributed by atoms with Crippen LogP contribution in [0.5, 0.6) is 0 Å². The minimum atomic E-state index is 0.269. The number of rotatable bonds is 4. The average Bonchev–Trinajstić information content (AvgIpc) is 2.82. The van der Waals surface area contributed by atoms with Gasteiger partial charge in [0.15, 0.2) is 0 Å². The second kappa shape index (κ2) is 5.99. The smallest absolute Gasteiger partial charge is 0.224 e. The monoisotopic (exact) mass is 345 g/mol. The topological polar surface area (TPSA) is 29.0 Å². The molecule has 2 rings (SSSR count). The molecule has 0 spiro atoms. The molecule has 96 valence electrons. The molecule has 0 N–H and O–H groups in total. The van der Waals surface area contributed by atoms with Crippen molar-refractivity contribution in [3.05, 3.63) is 38.3 Å². The van der Waals surface area contributed by atoms with E-state index in [2.05, 4.69) is 62.2 Å². The van der Waals surface area contributed by atoms with E-state index >= 15 is 0 Å². The van der Waals surface area contributed by atoms with Crippen LogP contribution in [-0.4, -0.2) is 16.0 Å². The van der Waals surface area contributed by atoms with Gasteiger partial charge in [0.2, 0.25) is 5.28 Å². The normalized spacial score (nSPS) is 10.9. The molecule has 0 amide bonds. The van der Waals surface area contributed by atoms with Crippen LogP contribution < -0.4 is 4.90 Å². The Kier molecular flexibility index (Phi) is 4.59. The van der Waals surface area contributed by atoms with Crippen LogP contribution in [0.15, 0.2) is 28.2 Å². The van der Waals surface area contributed by atoms with Gasteiger partial charge in [0, 0.05) is 17.1 Å². The predicted molar refractivity (Wildman–Crippen MR) is 80.4 cm³/mol. The van der Waals surface area contributed by atoms with Crippen molar-refractivity contribution in [2.45, 2.75) is 26.4 Å². The molecule has 2 aromatic heterocycles. The Hall–Kier alpha value is -0.650. The Bertz CT molecular complexity index is 516. The van der Waals surface area contributed by atoms with E-state index in [1.165, 1.54) is 4.88 Å². The summed E-state index contributed by atoms with van der Waals surface area (Å²) in [5, 5.41) is 2.35. The summed E-state index contributed by atoms with van der Waals surface area (Å²) in [7, 11) is 0. The van der Waals surface area contributed by atoms with Gasteiger partial charge < -0.3 is 4.90 Å². The molecular formula is C12H13BrClN3S. The van der Waals surface area contributed by atoms with E-state index in [1.807, 2.05) is 0 Å². The van der Waals surface area contributed by atoms with Gasteiger partial charge in [0.25, 0.3) is 0 Å². The molecule has 0 aliphatic heterocycles. The standard InChI is InChI=1S/C12H13BrClN3S/c1-8(2)17(7-9-4-3-5-18-9)11-10(13)6-15-12(14)16-11/h3-6,8H,7H2,1-2H3. The van der Waals surface area contributed by atoms with E-state index in [4.69, 9.17) is 11.6 Å². The molecule has 2 heterocycles. The third-order valence-electron chi connectivity index (χ3n) is 2.50. The Labute approximate surface area is 124 Å². The molecule has 2 aromatic rings. The Balaban J connectivity index is 2.32. The summed E-state index contributed by atoms with van der Waals surface area (Å²) in [6.07, 6.45) is 1.69. The zero-order valence-electron chi connectivity index (χ0n) is 10.1. The first kappa shape index (κ1) is 13.8. The molecule has 6 heteroatoms. The number of thiophene rings is 1. The number of nitrogens with zero attached hydrogens (tertiary/aromatic N) is 3. The van der Waals surface area contributed by atoms with Crippen molar-refractivity contribution in [2.75, 3.05) is 4.90 Å². The first-order chi connectivity index (χ1) is 8.58. The van der Waals surface area contributed by atoms with Gasteiger partial charge in [-0.3, -0.25) is 0 Å². The van der Waals surface area contributed by atoms with Crippen LogP contribution in [0.1, 0.15) is 18.7 Å². The van der Waals surface area contributed by atoms with E-state index in [0.717, 1.165) is 16.8 Å². The van der Waals surface area contributed by atoms with Gasteiger partial charge in [0.05, 0.1) is 11.0 Å². The Morgan fingerprint density at radius 1 is 1.50 bits per heavy atom. The highest BCUT2D eigenvalue weighted by atomic mass is 79.9. The fourth-order valence-electron chi connectivity index (χ4n) is 1.61. The van der Waals surface area contributed by atoms with Crippen molar-refractivity contribution in [1.82, 2.24) is 9.97 Å². The molecule has 0 atom stereocenters. The summed E-state index contributed by atoms with van der Waals surface area (Å²) in [5.41, 5.74) is 0. The summed E-state index contributed by atoms with van der Waals surface area (Å²) in [6, 6.07) is 4.51. The molecular weight excluding hydrogens is 334 g/mol. The van der Waals surface area contributed by atoms with Crippen molar-refractivity contribution < 1.29 is 0 Å². The molecule has 3 nitrogen and oxygen atoms in total. The van der Waals surface area contributed by atoms with Crippen LogP contribution in [0.4, 0.5) is 5.82 Å². The zero-order valence-corrected chi connectivity index (χ0v) is 13.3. The lowest BCUT2D eigenvalue weighted by molar-refractivity contribution is 0.674. The van der Waals surface area contributed by atoms with E-state index in [0.29, 0.717) is 6.04 Å². The molecule has 0 saturated heterocycles. The van der Waals surface area contributed by atoms with E-state index in [1.54, 1.807) is 17.5 Å². The van der Waals surface area contributed by atoms with Gasteiger partial charge in [0.1, 0.15) is 5.82 Å². The van der Waals surface area contributed by atoms with Gasteiger partial charge in [-0.2, -0.15) is 4.98 Å². The van der Waals surface area contributed by atoms with Crippen molar-refractivity contribution in [3.8, 4) is 0 Å². The summed E-state index contributed by atoms with van der Waals surface area (Å²) < 4.78 is 0.858. The number of anilines is 1.